The lowest BCUT2D eigenvalue weighted by molar-refractivity contribution is -0.136. The minimum Gasteiger partial charge on any atom is -0.350 e. The lowest BCUT2D eigenvalue weighted by atomic mass is 10.0. The molecule has 1 aliphatic rings. The van der Waals surface area contributed by atoms with Crippen LogP contribution in [-0.4, -0.2) is 23.3 Å². The van der Waals surface area contributed by atoms with E-state index in [2.05, 4.69) is 21.2 Å². The highest BCUT2D eigenvalue weighted by molar-refractivity contribution is 9.10. The fraction of sp³-hybridized carbons (Fsp3) is 0.158. The molecule has 0 bridgehead atoms. The first kappa shape index (κ1) is 19.0. The first-order chi connectivity index (χ1) is 12.4. The number of nitrogens with one attached hydrogen (secondary N) is 1. The van der Waals surface area contributed by atoms with Gasteiger partial charge >= 0.3 is 0 Å². The number of amides is 2. The third kappa shape index (κ3) is 3.65. The molecule has 1 N–H and O–H groups in total. The number of hydrogen-bond acceptors (Lipinski definition) is 3. The SMILES string of the molecule is CCCN1C(=O)C(Nc2cccc(Br)c2)=C(c2ccc(Cl)cc2Cl)C1=O. The molecule has 3 rings (SSSR count). The molecule has 0 fully saturated rings. The normalized spacial score (nSPS) is 14.4. The van der Waals surface area contributed by atoms with Crippen molar-refractivity contribution in [3.05, 3.63) is 68.2 Å². The molecule has 0 saturated heterocycles. The molecular weight excluding hydrogens is 439 g/mol. The van der Waals surface area contributed by atoms with Crippen molar-refractivity contribution < 1.29 is 9.59 Å². The molecule has 0 aromatic heterocycles. The predicted molar refractivity (Wildman–Crippen MR) is 108 cm³/mol. The minimum atomic E-state index is -0.363. The van der Waals surface area contributed by atoms with Gasteiger partial charge in [-0.1, -0.05) is 58.2 Å². The molecule has 2 amide bonds. The number of anilines is 1. The number of rotatable bonds is 5. The van der Waals surface area contributed by atoms with Crippen LogP contribution in [0, 0.1) is 0 Å². The molecule has 0 unspecified atom stereocenters. The van der Waals surface area contributed by atoms with Crippen LogP contribution in [0.25, 0.3) is 5.57 Å². The molecule has 26 heavy (non-hydrogen) atoms. The van der Waals surface area contributed by atoms with Crippen molar-refractivity contribution in [2.45, 2.75) is 13.3 Å². The van der Waals surface area contributed by atoms with E-state index in [4.69, 9.17) is 23.2 Å². The van der Waals surface area contributed by atoms with Crippen LogP contribution in [0.2, 0.25) is 10.0 Å². The van der Waals surface area contributed by atoms with E-state index in [1.807, 2.05) is 31.2 Å². The first-order valence-electron chi connectivity index (χ1n) is 8.01. The van der Waals surface area contributed by atoms with Crippen LogP contribution < -0.4 is 5.32 Å². The molecule has 7 heteroatoms. The summed E-state index contributed by atoms with van der Waals surface area (Å²) in [5.41, 5.74) is 1.64. The second-order valence-corrected chi connectivity index (χ2v) is 7.53. The van der Waals surface area contributed by atoms with Crippen molar-refractivity contribution in [3.8, 4) is 0 Å². The smallest absolute Gasteiger partial charge is 0.278 e. The van der Waals surface area contributed by atoms with Gasteiger partial charge in [0.25, 0.3) is 11.8 Å². The van der Waals surface area contributed by atoms with Gasteiger partial charge in [0, 0.05) is 27.3 Å². The fourth-order valence-corrected chi connectivity index (χ4v) is 3.67. The van der Waals surface area contributed by atoms with Crippen LogP contribution in [-0.2, 0) is 9.59 Å². The van der Waals surface area contributed by atoms with E-state index in [1.165, 1.54) is 4.90 Å². The standard InChI is InChI=1S/C19H15BrCl2N2O2/c1-2-8-24-18(25)16(14-7-6-12(21)10-15(14)22)17(19(24)26)23-13-5-3-4-11(20)9-13/h3-7,9-10,23H,2,8H2,1H3. The second kappa shape index (κ2) is 7.82. The van der Waals surface area contributed by atoms with Gasteiger partial charge in [0.1, 0.15) is 5.70 Å². The van der Waals surface area contributed by atoms with Crippen LogP contribution in [0.5, 0.6) is 0 Å². The van der Waals surface area contributed by atoms with Crippen molar-refractivity contribution in [2.75, 3.05) is 11.9 Å². The average molecular weight is 454 g/mol. The summed E-state index contributed by atoms with van der Waals surface area (Å²) in [6.07, 6.45) is 0.670. The van der Waals surface area contributed by atoms with Gasteiger partial charge in [-0.25, -0.2) is 0 Å². The summed E-state index contributed by atoms with van der Waals surface area (Å²) >= 11 is 15.7. The fourth-order valence-electron chi connectivity index (χ4n) is 2.77. The zero-order valence-corrected chi connectivity index (χ0v) is 17.0. The molecule has 2 aromatic carbocycles. The van der Waals surface area contributed by atoms with Crippen molar-refractivity contribution in [1.29, 1.82) is 0 Å². The second-order valence-electron chi connectivity index (χ2n) is 5.77. The maximum Gasteiger partial charge on any atom is 0.278 e. The summed E-state index contributed by atoms with van der Waals surface area (Å²) < 4.78 is 0.858. The number of carbonyl (C=O) groups excluding carboxylic acids is 2. The molecule has 1 aliphatic heterocycles. The van der Waals surface area contributed by atoms with Gasteiger partial charge < -0.3 is 5.32 Å². The highest BCUT2D eigenvalue weighted by Crippen LogP contribution is 2.35. The van der Waals surface area contributed by atoms with Crippen LogP contribution >= 0.6 is 39.1 Å². The van der Waals surface area contributed by atoms with Crippen LogP contribution in [0.15, 0.2) is 52.6 Å². The molecule has 1 heterocycles. The maximum absolute atomic E-state index is 12.9. The Labute approximate surface area is 169 Å². The largest absolute Gasteiger partial charge is 0.350 e. The number of imide groups is 1. The van der Waals surface area contributed by atoms with E-state index in [0.29, 0.717) is 34.3 Å². The summed E-state index contributed by atoms with van der Waals surface area (Å²) in [4.78, 5) is 27.0. The highest BCUT2D eigenvalue weighted by atomic mass is 79.9. The molecule has 0 saturated carbocycles. The molecule has 4 nitrogen and oxygen atoms in total. The monoisotopic (exact) mass is 452 g/mol. The first-order valence-corrected chi connectivity index (χ1v) is 9.55. The van der Waals surface area contributed by atoms with E-state index in [1.54, 1.807) is 18.2 Å². The molecule has 0 atom stereocenters. The van der Waals surface area contributed by atoms with Gasteiger partial charge in [-0.3, -0.25) is 14.5 Å². The quantitative estimate of drug-likeness (QED) is 0.620. The lowest BCUT2D eigenvalue weighted by Gasteiger charge is -2.14. The summed E-state index contributed by atoms with van der Waals surface area (Å²) in [5, 5.41) is 3.87. The summed E-state index contributed by atoms with van der Waals surface area (Å²) in [6.45, 7) is 2.26. The summed E-state index contributed by atoms with van der Waals surface area (Å²) in [5.74, 6) is -0.726. The zero-order valence-electron chi connectivity index (χ0n) is 13.9. The van der Waals surface area contributed by atoms with Gasteiger partial charge in [0.2, 0.25) is 0 Å². The molecule has 0 aliphatic carbocycles. The molecule has 0 spiro atoms. The number of nitrogens with zero attached hydrogens (tertiary/aromatic N) is 1. The van der Waals surface area contributed by atoms with E-state index < -0.39 is 0 Å². The number of halogens is 3. The minimum absolute atomic E-state index is 0.214. The van der Waals surface area contributed by atoms with Gasteiger partial charge in [-0.15, -0.1) is 0 Å². The zero-order chi connectivity index (χ0) is 18.8. The topological polar surface area (TPSA) is 49.4 Å². The number of carbonyl (C=O) groups is 2. The van der Waals surface area contributed by atoms with Crippen LogP contribution in [0.1, 0.15) is 18.9 Å². The number of hydrogen-bond donors (Lipinski definition) is 1. The molecular formula is C19H15BrCl2N2O2. The Morgan fingerprint density at radius 2 is 1.85 bits per heavy atom. The Hall–Kier alpha value is -1.82. The maximum atomic E-state index is 12.9. The Morgan fingerprint density at radius 3 is 2.50 bits per heavy atom. The van der Waals surface area contributed by atoms with Gasteiger partial charge in [-0.05, 0) is 36.8 Å². The lowest BCUT2D eigenvalue weighted by Crippen LogP contribution is -2.33. The third-order valence-electron chi connectivity index (χ3n) is 3.91. The van der Waals surface area contributed by atoms with E-state index >= 15 is 0 Å². The number of benzene rings is 2. The average Bonchev–Trinajstić information content (AvgIpc) is 2.80. The molecule has 134 valence electrons. The Balaban J connectivity index is 2.12. The highest BCUT2D eigenvalue weighted by Gasteiger charge is 2.39. The van der Waals surface area contributed by atoms with Crippen LogP contribution in [0.3, 0.4) is 0 Å². The molecule has 0 radical (unpaired) electrons. The summed E-state index contributed by atoms with van der Waals surface area (Å²) in [6, 6.07) is 12.2. The van der Waals surface area contributed by atoms with Crippen molar-refractivity contribution in [2.24, 2.45) is 0 Å². The summed E-state index contributed by atoms with van der Waals surface area (Å²) in [7, 11) is 0. The van der Waals surface area contributed by atoms with E-state index in [9.17, 15) is 9.59 Å². The molecule has 2 aromatic rings. The van der Waals surface area contributed by atoms with Gasteiger partial charge in [-0.2, -0.15) is 0 Å². The Morgan fingerprint density at radius 1 is 1.08 bits per heavy atom. The van der Waals surface area contributed by atoms with Gasteiger partial charge in [0.15, 0.2) is 0 Å². The predicted octanol–water partition coefficient (Wildman–Crippen LogP) is 5.36. The third-order valence-corrected chi connectivity index (χ3v) is 4.95. The van der Waals surface area contributed by atoms with Crippen LogP contribution in [0.4, 0.5) is 5.69 Å². The van der Waals surface area contributed by atoms with Crippen molar-refractivity contribution in [1.82, 2.24) is 4.90 Å². The van der Waals surface area contributed by atoms with E-state index in [-0.39, 0.29) is 23.1 Å². The van der Waals surface area contributed by atoms with Crippen molar-refractivity contribution >= 4 is 62.2 Å². The van der Waals surface area contributed by atoms with E-state index in [0.717, 1.165) is 4.47 Å². The Kier molecular flexibility index (Phi) is 5.70. The van der Waals surface area contributed by atoms with Gasteiger partial charge in [0.05, 0.1) is 10.6 Å². The Bertz CT molecular complexity index is 928. The van der Waals surface area contributed by atoms with Crippen molar-refractivity contribution in [3.63, 3.8) is 0 Å².